The standard InChI is InChI=1S/C17H17Cl2N3O4S/c1-10(2)22-27(25,26)13-5-3-4-11(8-13)16(23)20-21-17(24)14-9-12(18)6-7-15(14)19/h3-10,22H,1-2H3,(H,20,23)(H,21,24). The zero-order valence-corrected chi connectivity index (χ0v) is 16.7. The van der Waals surface area contributed by atoms with E-state index < -0.39 is 21.8 Å². The summed E-state index contributed by atoms with van der Waals surface area (Å²) in [5.74, 6) is -1.36. The summed E-state index contributed by atoms with van der Waals surface area (Å²) in [5, 5.41) is 0.477. The van der Waals surface area contributed by atoms with Crippen LogP contribution in [-0.4, -0.2) is 26.3 Å². The fourth-order valence-electron chi connectivity index (χ4n) is 2.11. The molecule has 0 saturated heterocycles. The van der Waals surface area contributed by atoms with Gasteiger partial charge in [0.1, 0.15) is 0 Å². The second-order valence-corrected chi connectivity index (χ2v) is 8.39. The molecule has 0 bridgehead atoms. The molecule has 0 aromatic heterocycles. The Kier molecular flexibility index (Phi) is 6.83. The maximum absolute atomic E-state index is 12.2. The number of carbonyl (C=O) groups is 2. The van der Waals surface area contributed by atoms with Gasteiger partial charge in [-0.1, -0.05) is 29.3 Å². The van der Waals surface area contributed by atoms with Crippen LogP contribution in [0.5, 0.6) is 0 Å². The molecular weight excluding hydrogens is 413 g/mol. The van der Waals surface area contributed by atoms with E-state index in [1.807, 2.05) is 0 Å². The third-order valence-corrected chi connectivity index (χ3v) is 5.48. The highest BCUT2D eigenvalue weighted by molar-refractivity contribution is 7.89. The van der Waals surface area contributed by atoms with Crippen LogP contribution in [0, 0.1) is 0 Å². The van der Waals surface area contributed by atoms with Crippen molar-refractivity contribution < 1.29 is 18.0 Å². The van der Waals surface area contributed by atoms with Crippen molar-refractivity contribution in [2.24, 2.45) is 0 Å². The van der Waals surface area contributed by atoms with Gasteiger partial charge in [-0.2, -0.15) is 0 Å². The summed E-state index contributed by atoms with van der Waals surface area (Å²) in [4.78, 5) is 24.3. The van der Waals surface area contributed by atoms with Gasteiger partial charge in [0, 0.05) is 16.6 Å². The lowest BCUT2D eigenvalue weighted by Crippen LogP contribution is -2.41. The molecule has 0 atom stereocenters. The number of hydrazine groups is 1. The molecule has 2 amide bonds. The average Bonchev–Trinajstić information content (AvgIpc) is 2.60. The van der Waals surface area contributed by atoms with Crippen LogP contribution in [0.2, 0.25) is 10.0 Å². The van der Waals surface area contributed by atoms with Crippen LogP contribution in [0.25, 0.3) is 0 Å². The van der Waals surface area contributed by atoms with Gasteiger partial charge in [0.05, 0.1) is 15.5 Å². The SMILES string of the molecule is CC(C)NS(=O)(=O)c1cccc(C(=O)NNC(=O)c2cc(Cl)ccc2Cl)c1. The molecule has 0 aliphatic heterocycles. The van der Waals surface area contributed by atoms with E-state index >= 15 is 0 Å². The van der Waals surface area contributed by atoms with Crippen molar-refractivity contribution in [3.8, 4) is 0 Å². The Morgan fingerprint density at radius 1 is 0.963 bits per heavy atom. The first-order chi connectivity index (χ1) is 12.6. The minimum Gasteiger partial charge on any atom is -0.267 e. The molecule has 27 heavy (non-hydrogen) atoms. The van der Waals surface area contributed by atoms with Crippen LogP contribution >= 0.6 is 23.2 Å². The van der Waals surface area contributed by atoms with E-state index in [1.54, 1.807) is 13.8 Å². The van der Waals surface area contributed by atoms with Gasteiger partial charge in [-0.05, 0) is 50.2 Å². The highest BCUT2D eigenvalue weighted by Gasteiger charge is 2.18. The van der Waals surface area contributed by atoms with E-state index in [2.05, 4.69) is 15.6 Å². The summed E-state index contributed by atoms with van der Waals surface area (Å²) in [6.07, 6.45) is 0. The molecule has 0 unspecified atom stereocenters. The Morgan fingerprint density at radius 3 is 2.30 bits per heavy atom. The highest BCUT2D eigenvalue weighted by atomic mass is 35.5. The summed E-state index contributed by atoms with van der Waals surface area (Å²) in [7, 11) is -3.75. The van der Waals surface area contributed by atoms with Gasteiger partial charge in [-0.3, -0.25) is 20.4 Å². The first-order valence-electron chi connectivity index (χ1n) is 7.78. The number of carbonyl (C=O) groups excluding carboxylic acids is 2. The van der Waals surface area contributed by atoms with E-state index in [4.69, 9.17) is 23.2 Å². The Labute approximate surface area is 167 Å². The first-order valence-corrected chi connectivity index (χ1v) is 10.0. The fraction of sp³-hybridized carbons (Fsp3) is 0.176. The lowest BCUT2D eigenvalue weighted by Gasteiger charge is -2.11. The van der Waals surface area contributed by atoms with Crippen LogP contribution in [0.15, 0.2) is 47.4 Å². The Morgan fingerprint density at radius 2 is 1.63 bits per heavy atom. The molecule has 3 N–H and O–H groups in total. The lowest BCUT2D eigenvalue weighted by atomic mass is 10.2. The van der Waals surface area contributed by atoms with E-state index in [0.29, 0.717) is 5.02 Å². The van der Waals surface area contributed by atoms with Crippen molar-refractivity contribution in [1.29, 1.82) is 0 Å². The second kappa shape index (κ2) is 8.71. The first kappa shape index (κ1) is 21.2. The largest absolute Gasteiger partial charge is 0.271 e. The third kappa shape index (κ3) is 5.67. The van der Waals surface area contributed by atoms with Crippen molar-refractivity contribution in [1.82, 2.24) is 15.6 Å². The summed E-state index contributed by atoms with van der Waals surface area (Å²) in [6.45, 7) is 3.37. The zero-order chi connectivity index (χ0) is 20.2. The zero-order valence-electron chi connectivity index (χ0n) is 14.4. The van der Waals surface area contributed by atoms with Crippen molar-refractivity contribution in [3.63, 3.8) is 0 Å². The molecule has 144 valence electrons. The monoisotopic (exact) mass is 429 g/mol. The number of rotatable bonds is 5. The van der Waals surface area contributed by atoms with E-state index in [0.717, 1.165) is 0 Å². The summed E-state index contributed by atoms with van der Waals surface area (Å²) >= 11 is 11.8. The van der Waals surface area contributed by atoms with Gasteiger partial charge in [0.15, 0.2) is 0 Å². The van der Waals surface area contributed by atoms with Crippen molar-refractivity contribution in [2.45, 2.75) is 24.8 Å². The van der Waals surface area contributed by atoms with E-state index in [-0.39, 0.29) is 27.1 Å². The quantitative estimate of drug-likeness (QED) is 0.635. The maximum Gasteiger partial charge on any atom is 0.271 e. The van der Waals surface area contributed by atoms with Crippen LogP contribution in [0.3, 0.4) is 0 Å². The molecule has 0 radical (unpaired) electrons. The molecule has 2 aromatic carbocycles. The van der Waals surface area contributed by atoms with Gasteiger partial charge in [0.25, 0.3) is 11.8 Å². The number of amides is 2. The number of benzene rings is 2. The van der Waals surface area contributed by atoms with Gasteiger partial charge in [-0.15, -0.1) is 0 Å². The summed E-state index contributed by atoms with van der Waals surface area (Å²) in [6, 6.07) is 9.46. The minimum absolute atomic E-state index is 0.0547. The minimum atomic E-state index is -3.75. The molecule has 10 heteroatoms. The van der Waals surface area contributed by atoms with Gasteiger partial charge >= 0.3 is 0 Å². The van der Waals surface area contributed by atoms with Crippen LogP contribution < -0.4 is 15.6 Å². The molecule has 0 aliphatic rings. The number of hydrogen-bond donors (Lipinski definition) is 3. The van der Waals surface area contributed by atoms with Crippen LogP contribution in [0.4, 0.5) is 0 Å². The van der Waals surface area contributed by atoms with Gasteiger partial charge < -0.3 is 0 Å². The Balaban J connectivity index is 2.11. The fourth-order valence-corrected chi connectivity index (χ4v) is 3.78. The predicted octanol–water partition coefficient (Wildman–Crippen LogP) is 2.75. The maximum atomic E-state index is 12.2. The van der Waals surface area contributed by atoms with Crippen molar-refractivity contribution >= 4 is 45.0 Å². The molecule has 0 aliphatic carbocycles. The third-order valence-electron chi connectivity index (χ3n) is 3.26. The Hall–Kier alpha value is -2.13. The smallest absolute Gasteiger partial charge is 0.267 e. The van der Waals surface area contributed by atoms with Gasteiger partial charge in [-0.25, -0.2) is 13.1 Å². The molecule has 0 heterocycles. The number of halogens is 2. The number of sulfonamides is 1. The van der Waals surface area contributed by atoms with Crippen molar-refractivity contribution in [2.75, 3.05) is 0 Å². The summed E-state index contributed by atoms with van der Waals surface area (Å²) in [5.41, 5.74) is 4.56. The molecule has 7 nitrogen and oxygen atoms in total. The number of hydrogen-bond acceptors (Lipinski definition) is 4. The molecular formula is C17H17Cl2N3O4S. The highest BCUT2D eigenvalue weighted by Crippen LogP contribution is 2.20. The molecule has 0 saturated carbocycles. The average molecular weight is 430 g/mol. The van der Waals surface area contributed by atoms with Crippen molar-refractivity contribution in [3.05, 3.63) is 63.6 Å². The lowest BCUT2D eigenvalue weighted by molar-refractivity contribution is 0.0846. The molecule has 0 spiro atoms. The van der Waals surface area contributed by atoms with Crippen LogP contribution in [-0.2, 0) is 10.0 Å². The van der Waals surface area contributed by atoms with Crippen LogP contribution in [0.1, 0.15) is 34.6 Å². The second-order valence-electron chi connectivity index (χ2n) is 5.84. The van der Waals surface area contributed by atoms with E-state index in [1.165, 1.54) is 42.5 Å². The topological polar surface area (TPSA) is 104 Å². The molecule has 2 aromatic rings. The normalized spacial score (nSPS) is 11.3. The summed E-state index contributed by atoms with van der Waals surface area (Å²) < 4.78 is 26.8. The van der Waals surface area contributed by atoms with E-state index in [9.17, 15) is 18.0 Å². The van der Waals surface area contributed by atoms with Gasteiger partial charge in [0.2, 0.25) is 10.0 Å². The molecule has 2 rings (SSSR count). The predicted molar refractivity (Wildman–Crippen MR) is 103 cm³/mol. The molecule has 0 fully saturated rings. The number of nitrogens with one attached hydrogen (secondary N) is 3. The Bertz CT molecular complexity index is 978.